The third kappa shape index (κ3) is 3.85. The van der Waals surface area contributed by atoms with Crippen molar-refractivity contribution in [1.82, 2.24) is 19.9 Å². The number of nitrogen functional groups attached to an aromatic ring is 1. The molecule has 0 saturated heterocycles. The smallest absolute Gasteiger partial charge is 0.280 e. The molecule has 8 heteroatoms. The second-order valence-electron chi connectivity index (χ2n) is 7.62. The predicted molar refractivity (Wildman–Crippen MR) is 109 cm³/mol. The van der Waals surface area contributed by atoms with Gasteiger partial charge in [0.05, 0.1) is 18.4 Å². The summed E-state index contributed by atoms with van der Waals surface area (Å²) in [5, 5.41) is 3.21. The Morgan fingerprint density at radius 1 is 1.21 bits per heavy atom. The zero-order valence-electron chi connectivity index (χ0n) is 16.4. The minimum absolute atomic E-state index is 0.00737. The molecule has 0 aliphatic heterocycles. The van der Waals surface area contributed by atoms with Crippen molar-refractivity contribution in [3.8, 4) is 0 Å². The summed E-state index contributed by atoms with van der Waals surface area (Å²) in [7, 11) is 0. The SMILES string of the molecule is CC(C)C(C)(C)C(=O)c1ccc(NCc2cnc3nc(N)[nH]c(=O)c3n2)cc1. The average Bonchev–Trinajstić information content (AvgIpc) is 2.66. The monoisotopic (exact) mass is 380 g/mol. The highest BCUT2D eigenvalue weighted by Gasteiger charge is 2.31. The normalized spacial score (nSPS) is 11.8. The lowest BCUT2D eigenvalue weighted by atomic mass is 9.75. The molecule has 0 atom stereocenters. The van der Waals surface area contributed by atoms with Gasteiger partial charge in [0.25, 0.3) is 5.56 Å². The minimum atomic E-state index is -0.424. The maximum absolute atomic E-state index is 12.7. The van der Waals surface area contributed by atoms with E-state index in [9.17, 15) is 9.59 Å². The van der Waals surface area contributed by atoms with Crippen molar-refractivity contribution in [3.05, 3.63) is 52.1 Å². The molecule has 2 aromatic heterocycles. The molecule has 0 unspecified atom stereocenters. The first kappa shape index (κ1) is 19.5. The second-order valence-corrected chi connectivity index (χ2v) is 7.62. The Balaban J connectivity index is 1.72. The van der Waals surface area contributed by atoms with Crippen molar-refractivity contribution in [2.24, 2.45) is 11.3 Å². The van der Waals surface area contributed by atoms with Crippen LogP contribution in [0, 0.1) is 11.3 Å². The summed E-state index contributed by atoms with van der Waals surface area (Å²) in [6.07, 6.45) is 1.55. The molecule has 1 aromatic carbocycles. The van der Waals surface area contributed by atoms with Crippen LogP contribution in [0.15, 0.2) is 35.3 Å². The fourth-order valence-electron chi connectivity index (χ4n) is 2.62. The van der Waals surface area contributed by atoms with Crippen LogP contribution in [0.4, 0.5) is 11.6 Å². The molecule has 0 aliphatic carbocycles. The maximum atomic E-state index is 12.7. The summed E-state index contributed by atoms with van der Waals surface area (Å²) in [5.74, 6) is 0.380. The van der Waals surface area contributed by atoms with E-state index in [2.05, 4.69) is 25.3 Å². The van der Waals surface area contributed by atoms with Gasteiger partial charge in [-0.05, 0) is 30.2 Å². The molecule has 2 heterocycles. The summed E-state index contributed by atoms with van der Waals surface area (Å²) >= 11 is 0. The fraction of sp³-hybridized carbons (Fsp3) is 0.350. The number of carbonyl (C=O) groups is 1. The number of fused-ring (bicyclic) bond motifs is 1. The summed E-state index contributed by atoms with van der Waals surface area (Å²) < 4.78 is 0. The first-order valence-electron chi connectivity index (χ1n) is 9.08. The highest BCUT2D eigenvalue weighted by atomic mass is 16.1. The number of aromatic nitrogens is 4. The molecular formula is C20H24N6O2. The van der Waals surface area contributed by atoms with Crippen LogP contribution in [0.2, 0.25) is 0 Å². The third-order valence-corrected chi connectivity index (χ3v) is 5.14. The van der Waals surface area contributed by atoms with Crippen molar-refractivity contribution in [3.63, 3.8) is 0 Å². The standard InChI is InChI=1S/C20H24N6O2/c1-11(2)20(3,4)16(27)12-5-7-13(8-6-12)22-9-14-10-23-17-15(24-14)18(28)26-19(21)25-17/h5-8,10-11,22H,9H2,1-4H3,(H3,21,23,25,26,28). The van der Waals surface area contributed by atoms with Crippen LogP contribution in [0.1, 0.15) is 43.7 Å². The van der Waals surface area contributed by atoms with Gasteiger partial charge < -0.3 is 11.1 Å². The van der Waals surface area contributed by atoms with Gasteiger partial charge in [-0.15, -0.1) is 0 Å². The topological polar surface area (TPSA) is 127 Å². The molecule has 146 valence electrons. The number of H-pyrrole nitrogens is 1. The van der Waals surface area contributed by atoms with Gasteiger partial charge >= 0.3 is 0 Å². The second kappa shape index (κ2) is 7.38. The van der Waals surface area contributed by atoms with Crippen molar-refractivity contribution >= 4 is 28.6 Å². The maximum Gasteiger partial charge on any atom is 0.280 e. The Bertz CT molecular complexity index is 1070. The lowest BCUT2D eigenvalue weighted by Gasteiger charge is -2.27. The molecular weight excluding hydrogens is 356 g/mol. The molecule has 3 rings (SSSR count). The molecule has 0 aliphatic rings. The highest BCUT2D eigenvalue weighted by Crippen LogP contribution is 2.30. The van der Waals surface area contributed by atoms with Gasteiger partial charge in [-0.2, -0.15) is 4.98 Å². The number of hydrogen-bond acceptors (Lipinski definition) is 7. The first-order chi connectivity index (χ1) is 13.2. The van der Waals surface area contributed by atoms with Gasteiger partial charge in [0, 0.05) is 16.7 Å². The van der Waals surface area contributed by atoms with Crippen LogP contribution in [0.25, 0.3) is 11.2 Å². The molecule has 0 spiro atoms. The summed E-state index contributed by atoms with van der Waals surface area (Å²) in [4.78, 5) is 39.4. The number of anilines is 2. The summed E-state index contributed by atoms with van der Waals surface area (Å²) in [6.45, 7) is 8.40. The Kier molecular flexibility index (Phi) is 5.13. The zero-order chi connectivity index (χ0) is 20.5. The largest absolute Gasteiger partial charge is 0.379 e. The summed E-state index contributed by atoms with van der Waals surface area (Å²) in [6, 6.07) is 7.34. The molecule has 28 heavy (non-hydrogen) atoms. The van der Waals surface area contributed by atoms with Gasteiger partial charge in [0.2, 0.25) is 5.95 Å². The fourth-order valence-corrected chi connectivity index (χ4v) is 2.62. The van der Waals surface area contributed by atoms with Gasteiger partial charge in [-0.25, -0.2) is 9.97 Å². The first-order valence-corrected chi connectivity index (χ1v) is 9.08. The number of ketones is 1. The highest BCUT2D eigenvalue weighted by molar-refractivity contribution is 6.00. The van der Waals surface area contributed by atoms with E-state index < -0.39 is 11.0 Å². The molecule has 4 N–H and O–H groups in total. The lowest BCUT2D eigenvalue weighted by molar-refractivity contribution is 0.0772. The molecule has 0 radical (unpaired) electrons. The minimum Gasteiger partial charge on any atom is -0.379 e. The van der Waals surface area contributed by atoms with Crippen LogP contribution >= 0.6 is 0 Å². The van der Waals surface area contributed by atoms with Crippen molar-refractivity contribution in [2.45, 2.75) is 34.2 Å². The van der Waals surface area contributed by atoms with E-state index in [0.29, 0.717) is 17.8 Å². The number of carbonyl (C=O) groups excluding carboxylic acids is 1. The predicted octanol–water partition coefficient (Wildman–Crippen LogP) is 2.77. The number of aromatic amines is 1. The van der Waals surface area contributed by atoms with E-state index in [1.54, 1.807) is 6.20 Å². The third-order valence-electron chi connectivity index (χ3n) is 5.14. The summed E-state index contributed by atoms with van der Waals surface area (Å²) in [5.41, 5.74) is 7.13. The quantitative estimate of drug-likeness (QED) is 0.561. The van der Waals surface area contributed by atoms with Crippen molar-refractivity contribution in [1.29, 1.82) is 0 Å². The Morgan fingerprint density at radius 2 is 1.89 bits per heavy atom. The number of benzene rings is 1. The molecule has 0 bridgehead atoms. The van der Waals surface area contributed by atoms with Gasteiger partial charge in [-0.1, -0.05) is 27.7 Å². The Morgan fingerprint density at radius 3 is 2.54 bits per heavy atom. The van der Waals surface area contributed by atoms with Crippen molar-refractivity contribution < 1.29 is 4.79 Å². The van der Waals surface area contributed by atoms with E-state index in [4.69, 9.17) is 5.73 Å². The molecule has 0 amide bonds. The van der Waals surface area contributed by atoms with Crippen LogP contribution < -0.4 is 16.6 Å². The van der Waals surface area contributed by atoms with Crippen LogP contribution in [0.3, 0.4) is 0 Å². The molecule has 3 aromatic rings. The van der Waals surface area contributed by atoms with E-state index in [0.717, 1.165) is 5.69 Å². The van der Waals surface area contributed by atoms with E-state index >= 15 is 0 Å². The Labute approximate surface area is 162 Å². The average molecular weight is 380 g/mol. The van der Waals surface area contributed by atoms with Crippen LogP contribution in [0.5, 0.6) is 0 Å². The number of nitrogens with zero attached hydrogens (tertiary/aromatic N) is 3. The number of nitrogens with two attached hydrogens (primary N) is 1. The van der Waals surface area contributed by atoms with Gasteiger partial charge in [0.15, 0.2) is 16.9 Å². The number of nitrogens with one attached hydrogen (secondary N) is 2. The van der Waals surface area contributed by atoms with E-state index in [1.165, 1.54) is 0 Å². The van der Waals surface area contributed by atoms with E-state index in [1.807, 2.05) is 52.0 Å². The van der Waals surface area contributed by atoms with E-state index in [-0.39, 0.29) is 28.8 Å². The van der Waals surface area contributed by atoms with Gasteiger partial charge in [-0.3, -0.25) is 14.6 Å². The number of rotatable bonds is 6. The zero-order valence-corrected chi connectivity index (χ0v) is 16.4. The molecule has 0 fully saturated rings. The number of Topliss-reactive ketones (excluding diaryl/α,β-unsaturated/α-hetero) is 1. The number of hydrogen-bond donors (Lipinski definition) is 3. The van der Waals surface area contributed by atoms with Gasteiger partial charge in [0.1, 0.15) is 0 Å². The Hall–Kier alpha value is -3.29. The van der Waals surface area contributed by atoms with Crippen LogP contribution in [-0.2, 0) is 6.54 Å². The van der Waals surface area contributed by atoms with Crippen molar-refractivity contribution in [2.75, 3.05) is 11.1 Å². The lowest BCUT2D eigenvalue weighted by Crippen LogP contribution is -2.29. The molecule has 0 saturated carbocycles. The molecule has 8 nitrogen and oxygen atoms in total. The van der Waals surface area contributed by atoms with Crippen LogP contribution in [-0.4, -0.2) is 25.7 Å².